The standard InChI is InChI=1S/C7H8O2.C6H6O2.C2H6O/c1-9-7-4-2-6(8)3-5-7;7-5-1-2-6(8)4-3-5;1-3-2/h2-5,8H,1H3;1-4,7-8H;1-2H3. The maximum absolute atomic E-state index is 8.80. The lowest BCUT2D eigenvalue weighted by atomic mass is 10.3. The quantitative estimate of drug-likeness (QED) is 0.700. The molecule has 0 aliphatic rings. The summed E-state index contributed by atoms with van der Waals surface area (Å²) in [5.41, 5.74) is 0. The van der Waals surface area contributed by atoms with Crippen molar-refractivity contribution in [2.75, 3.05) is 21.3 Å². The van der Waals surface area contributed by atoms with Crippen molar-refractivity contribution in [3.63, 3.8) is 0 Å². The van der Waals surface area contributed by atoms with Crippen LogP contribution in [0.3, 0.4) is 0 Å². The molecule has 0 bridgehead atoms. The fourth-order valence-corrected chi connectivity index (χ4v) is 1.03. The van der Waals surface area contributed by atoms with Crippen LogP contribution in [0.15, 0.2) is 48.5 Å². The number of aromatic hydroxyl groups is 3. The van der Waals surface area contributed by atoms with Gasteiger partial charge in [0.15, 0.2) is 0 Å². The minimum Gasteiger partial charge on any atom is -0.508 e. The van der Waals surface area contributed by atoms with Crippen molar-refractivity contribution in [3.05, 3.63) is 48.5 Å². The largest absolute Gasteiger partial charge is 0.508 e. The van der Waals surface area contributed by atoms with Gasteiger partial charge in [-0.2, -0.15) is 0 Å². The number of hydrogen-bond acceptors (Lipinski definition) is 5. The number of phenolic OH excluding ortho intramolecular Hbond substituents is 3. The Morgan fingerprint density at radius 3 is 1.10 bits per heavy atom. The zero-order chi connectivity index (χ0) is 15.4. The van der Waals surface area contributed by atoms with Crippen LogP contribution in [0.5, 0.6) is 23.0 Å². The molecule has 0 saturated carbocycles. The molecular weight excluding hydrogens is 260 g/mol. The second kappa shape index (κ2) is 10.5. The van der Waals surface area contributed by atoms with Crippen LogP contribution in [0.25, 0.3) is 0 Å². The number of rotatable bonds is 1. The molecule has 110 valence electrons. The Balaban J connectivity index is 0.000000304. The monoisotopic (exact) mass is 280 g/mol. The first-order valence-electron chi connectivity index (χ1n) is 5.74. The van der Waals surface area contributed by atoms with Crippen molar-refractivity contribution >= 4 is 0 Å². The minimum atomic E-state index is 0.169. The molecule has 0 aliphatic carbocycles. The van der Waals surface area contributed by atoms with Crippen LogP contribution in [-0.2, 0) is 4.74 Å². The summed E-state index contributed by atoms with van der Waals surface area (Å²) < 4.78 is 9.11. The Kier molecular flexibility index (Phi) is 9.25. The molecule has 0 atom stereocenters. The van der Waals surface area contributed by atoms with Crippen molar-refractivity contribution < 1.29 is 24.8 Å². The molecule has 5 nitrogen and oxygen atoms in total. The maximum Gasteiger partial charge on any atom is 0.119 e. The average Bonchev–Trinajstić information content (AvgIpc) is 2.45. The number of phenols is 3. The van der Waals surface area contributed by atoms with Gasteiger partial charge >= 0.3 is 0 Å². The molecule has 0 aliphatic heterocycles. The maximum atomic E-state index is 8.80. The molecule has 0 spiro atoms. The highest BCUT2D eigenvalue weighted by Crippen LogP contribution is 2.14. The molecule has 0 aromatic heterocycles. The Morgan fingerprint density at radius 1 is 0.600 bits per heavy atom. The van der Waals surface area contributed by atoms with E-state index >= 15 is 0 Å². The molecular formula is C15H20O5. The highest BCUT2D eigenvalue weighted by Gasteiger charge is 1.87. The molecule has 5 heteroatoms. The number of hydrogen-bond donors (Lipinski definition) is 3. The van der Waals surface area contributed by atoms with Gasteiger partial charge in [0, 0.05) is 14.2 Å². The fourth-order valence-electron chi connectivity index (χ4n) is 1.03. The van der Waals surface area contributed by atoms with Crippen LogP contribution >= 0.6 is 0 Å². The molecule has 0 unspecified atom stereocenters. The Morgan fingerprint density at radius 2 is 0.850 bits per heavy atom. The van der Waals surface area contributed by atoms with Gasteiger partial charge in [-0.1, -0.05) is 0 Å². The first kappa shape index (κ1) is 17.6. The van der Waals surface area contributed by atoms with Crippen LogP contribution in [0.2, 0.25) is 0 Å². The van der Waals surface area contributed by atoms with Gasteiger partial charge in [0.1, 0.15) is 23.0 Å². The summed E-state index contributed by atoms with van der Waals surface area (Å²) >= 11 is 0. The van der Waals surface area contributed by atoms with Crippen LogP contribution in [-0.4, -0.2) is 36.6 Å². The highest BCUT2D eigenvalue weighted by molar-refractivity contribution is 5.30. The van der Waals surface area contributed by atoms with Crippen molar-refractivity contribution in [1.29, 1.82) is 0 Å². The lowest BCUT2D eigenvalue weighted by molar-refractivity contribution is 0.277. The molecule has 0 fully saturated rings. The second-order valence-corrected chi connectivity index (χ2v) is 3.62. The normalized spacial score (nSPS) is 8.55. The molecule has 0 radical (unpaired) electrons. The van der Waals surface area contributed by atoms with E-state index in [1.54, 1.807) is 45.6 Å². The van der Waals surface area contributed by atoms with E-state index in [0.717, 1.165) is 5.75 Å². The molecule has 2 rings (SSSR count). The Bertz CT molecular complexity index is 430. The second-order valence-electron chi connectivity index (χ2n) is 3.62. The van der Waals surface area contributed by atoms with Crippen molar-refractivity contribution in [1.82, 2.24) is 0 Å². The third-order valence-electron chi connectivity index (χ3n) is 1.92. The van der Waals surface area contributed by atoms with Gasteiger partial charge in [-0.3, -0.25) is 0 Å². The lowest BCUT2D eigenvalue weighted by Crippen LogP contribution is -1.79. The first-order chi connectivity index (χ1) is 9.53. The topological polar surface area (TPSA) is 79.2 Å². The molecule has 0 amide bonds. The summed E-state index contributed by atoms with van der Waals surface area (Å²) in [6.07, 6.45) is 0. The predicted molar refractivity (Wildman–Crippen MR) is 77.4 cm³/mol. The van der Waals surface area contributed by atoms with E-state index in [1.165, 1.54) is 24.3 Å². The van der Waals surface area contributed by atoms with E-state index in [4.69, 9.17) is 20.1 Å². The zero-order valence-electron chi connectivity index (χ0n) is 11.8. The van der Waals surface area contributed by atoms with E-state index in [2.05, 4.69) is 4.74 Å². The van der Waals surface area contributed by atoms with Gasteiger partial charge in [-0.25, -0.2) is 0 Å². The smallest absolute Gasteiger partial charge is 0.119 e. The third kappa shape index (κ3) is 8.66. The van der Waals surface area contributed by atoms with Gasteiger partial charge in [-0.15, -0.1) is 0 Å². The summed E-state index contributed by atoms with van der Waals surface area (Å²) in [6.45, 7) is 0. The average molecular weight is 280 g/mol. The van der Waals surface area contributed by atoms with Gasteiger partial charge in [-0.05, 0) is 48.5 Å². The Labute approximate surface area is 118 Å². The molecule has 20 heavy (non-hydrogen) atoms. The van der Waals surface area contributed by atoms with E-state index in [9.17, 15) is 0 Å². The van der Waals surface area contributed by atoms with Gasteiger partial charge in [0.2, 0.25) is 0 Å². The number of methoxy groups -OCH3 is 2. The number of benzene rings is 2. The predicted octanol–water partition coefficient (Wildman–Crippen LogP) is 2.76. The van der Waals surface area contributed by atoms with Crippen molar-refractivity contribution in [3.8, 4) is 23.0 Å². The summed E-state index contributed by atoms with van der Waals surface area (Å²) in [5.74, 6) is 1.36. The minimum absolute atomic E-state index is 0.169. The summed E-state index contributed by atoms with van der Waals surface area (Å²) in [4.78, 5) is 0. The summed E-state index contributed by atoms with van der Waals surface area (Å²) in [6, 6.07) is 12.3. The van der Waals surface area contributed by atoms with E-state index in [1.807, 2.05) is 0 Å². The van der Waals surface area contributed by atoms with Crippen LogP contribution in [0.4, 0.5) is 0 Å². The summed E-state index contributed by atoms with van der Waals surface area (Å²) in [5, 5.41) is 26.1. The Hall–Kier alpha value is -2.40. The van der Waals surface area contributed by atoms with Crippen LogP contribution < -0.4 is 4.74 Å². The molecule has 0 heterocycles. The van der Waals surface area contributed by atoms with E-state index in [0.29, 0.717) is 0 Å². The molecule has 3 N–H and O–H groups in total. The van der Waals surface area contributed by atoms with Gasteiger partial charge < -0.3 is 24.8 Å². The highest BCUT2D eigenvalue weighted by atomic mass is 16.5. The van der Waals surface area contributed by atoms with E-state index in [-0.39, 0.29) is 17.2 Å². The van der Waals surface area contributed by atoms with E-state index < -0.39 is 0 Å². The SMILES string of the molecule is COC.COc1ccc(O)cc1.Oc1ccc(O)cc1. The summed E-state index contributed by atoms with van der Waals surface area (Å²) in [7, 11) is 4.84. The third-order valence-corrected chi connectivity index (χ3v) is 1.92. The molecule has 2 aromatic carbocycles. The van der Waals surface area contributed by atoms with Gasteiger partial charge in [0.25, 0.3) is 0 Å². The molecule has 2 aromatic rings. The molecule has 0 saturated heterocycles. The lowest BCUT2D eigenvalue weighted by Gasteiger charge is -1.96. The van der Waals surface area contributed by atoms with Crippen LogP contribution in [0, 0.1) is 0 Å². The van der Waals surface area contributed by atoms with Gasteiger partial charge in [0.05, 0.1) is 7.11 Å². The van der Waals surface area contributed by atoms with Crippen molar-refractivity contribution in [2.45, 2.75) is 0 Å². The first-order valence-corrected chi connectivity index (χ1v) is 5.74. The van der Waals surface area contributed by atoms with Crippen LogP contribution in [0.1, 0.15) is 0 Å². The zero-order valence-corrected chi connectivity index (χ0v) is 11.8. The van der Waals surface area contributed by atoms with Crippen molar-refractivity contribution in [2.24, 2.45) is 0 Å². The fraction of sp³-hybridized carbons (Fsp3) is 0.200. The number of ether oxygens (including phenoxy) is 2.